The van der Waals surface area contributed by atoms with Crippen LogP contribution in [0.4, 0.5) is 5.69 Å². The van der Waals surface area contributed by atoms with Crippen molar-refractivity contribution in [1.82, 2.24) is 15.1 Å². The molecule has 2 aromatic rings. The first kappa shape index (κ1) is 18.1. The van der Waals surface area contributed by atoms with Crippen molar-refractivity contribution in [3.63, 3.8) is 0 Å². The number of hydrogen-bond donors (Lipinski definition) is 1. The summed E-state index contributed by atoms with van der Waals surface area (Å²) in [4.78, 5) is 34.2. The van der Waals surface area contributed by atoms with Crippen LogP contribution in [-0.2, 0) is 9.53 Å². The van der Waals surface area contributed by atoms with Gasteiger partial charge in [-0.2, -0.15) is 5.10 Å². The molecule has 9 nitrogen and oxygen atoms in total. The van der Waals surface area contributed by atoms with Gasteiger partial charge in [0.15, 0.2) is 0 Å². The fraction of sp³-hybridized carbons (Fsp3) is 0.312. The van der Waals surface area contributed by atoms with Crippen LogP contribution in [0.25, 0.3) is 5.69 Å². The number of rotatable bonds is 6. The molecule has 1 heterocycles. The van der Waals surface area contributed by atoms with Crippen LogP contribution >= 0.6 is 0 Å². The quantitative estimate of drug-likeness (QED) is 0.483. The summed E-state index contributed by atoms with van der Waals surface area (Å²) in [5.74, 6) is -1.12. The highest BCUT2D eigenvalue weighted by molar-refractivity contribution is 5.96. The van der Waals surface area contributed by atoms with Crippen molar-refractivity contribution < 1.29 is 19.2 Å². The Morgan fingerprint density at radius 3 is 2.44 bits per heavy atom. The van der Waals surface area contributed by atoms with Gasteiger partial charge >= 0.3 is 5.97 Å². The van der Waals surface area contributed by atoms with Crippen LogP contribution in [0.1, 0.15) is 24.2 Å². The number of nitro groups is 1. The lowest BCUT2D eigenvalue weighted by molar-refractivity contribution is -0.384. The minimum absolute atomic E-state index is 0.0354. The van der Waals surface area contributed by atoms with Crippen LogP contribution in [0.3, 0.4) is 0 Å². The van der Waals surface area contributed by atoms with E-state index in [0.29, 0.717) is 5.69 Å². The number of ether oxygens (including phenoxy) is 1. The zero-order valence-electron chi connectivity index (χ0n) is 14.0. The number of nitro benzene ring substituents is 1. The maximum atomic E-state index is 12.3. The molecule has 2 rings (SSSR count). The average molecular weight is 346 g/mol. The highest BCUT2D eigenvalue weighted by Gasteiger charge is 2.25. The molecule has 1 aromatic carbocycles. The Balaban J connectivity index is 2.15. The number of amides is 1. The van der Waals surface area contributed by atoms with E-state index in [0.717, 1.165) is 0 Å². The van der Waals surface area contributed by atoms with E-state index < -0.39 is 22.8 Å². The summed E-state index contributed by atoms with van der Waals surface area (Å²) in [5.41, 5.74) is 0.789. The molecule has 1 N–H and O–H groups in total. The van der Waals surface area contributed by atoms with E-state index in [9.17, 15) is 19.7 Å². The third kappa shape index (κ3) is 4.19. The number of nitrogens with one attached hydrogen (secondary N) is 1. The molecular weight excluding hydrogens is 328 g/mol. The molecule has 1 unspecified atom stereocenters. The third-order valence-corrected chi connectivity index (χ3v) is 3.58. The van der Waals surface area contributed by atoms with Crippen LogP contribution in [0.2, 0.25) is 0 Å². The summed E-state index contributed by atoms with van der Waals surface area (Å²) in [6, 6.07) is 4.99. The Hall–Kier alpha value is -3.23. The zero-order valence-corrected chi connectivity index (χ0v) is 14.0. The van der Waals surface area contributed by atoms with E-state index in [1.807, 2.05) is 0 Å². The summed E-state index contributed by atoms with van der Waals surface area (Å²) >= 11 is 0. The molecule has 0 bridgehead atoms. The first-order valence-electron chi connectivity index (χ1n) is 7.51. The van der Waals surface area contributed by atoms with Gasteiger partial charge in [-0.25, -0.2) is 9.48 Å². The summed E-state index contributed by atoms with van der Waals surface area (Å²) in [7, 11) is 1.26. The number of non-ortho nitro benzene ring substituents is 1. The lowest BCUT2D eigenvalue weighted by Gasteiger charge is -2.19. The molecule has 0 aliphatic heterocycles. The Morgan fingerprint density at radius 1 is 1.28 bits per heavy atom. The number of esters is 1. The van der Waals surface area contributed by atoms with Crippen molar-refractivity contribution in [2.75, 3.05) is 7.11 Å². The molecule has 1 atom stereocenters. The summed E-state index contributed by atoms with van der Waals surface area (Å²) in [5, 5.41) is 17.4. The molecular formula is C16H18N4O5. The smallest absolute Gasteiger partial charge is 0.328 e. The zero-order chi connectivity index (χ0) is 18.6. The largest absolute Gasteiger partial charge is 0.467 e. The van der Waals surface area contributed by atoms with Gasteiger partial charge in [0.1, 0.15) is 6.04 Å². The number of benzene rings is 1. The van der Waals surface area contributed by atoms with Crippen molar-refractivity contribution in [1.29, 1.82) is 0 Å². The Morgan fingerprint density at radius 2 is 1.92 bits per heavy atom. The van der Waals surface area contributed by atoms with Gasteiger partial charge in [0, 0.05) is 18.3 Å². The highest BCUT2D eigenvalue weighted by Crippen LogP contribution is 2.15. The minimum Gasteiger partial charge on any atom is -0.467 e. The number of methoxy groups -OCH3 is 1. The van der Waals surface area contributed by atoms with Crippen molar-refractivity contribution >= 4 is 17.6 Å². The van der Waals surface area contributed by atoms with Crippen molar-refractivity contribution in [2.24, 2.45) is 5.92 Å². The molecule has 1 amide bonds. The third-order valence-electron chi connectivity index (χ3n) is 3.58. The van der Waals surface area contributed by atoms with Gasteiger partial charge < -0.3 is 10.1 Å². The Kier molecular flexibility index (Phi) is 5.48. The average Bonchev–Trinajstić information content (AvgIpc) is 3.08. The first-order valence-corrected chi connectivity index (χ1v) is 7.51. The second kappa shape index (κ2) is 7.56. The lowest BCUT2D eigenvalue weighted by Crippen LogP contribution is -2.44. The van der Waals surface area contributed by atoms with Crippen molar-refractivity contribution in [3.8, 4) is 5.69 Å². The van der Waals surface area contributed by atoms with Crippen molar-refractivity contribution in [3.05, 3.63) is 52.3 Å². The van der Waals surface area contributed by atoms with Gasteiger partial charge in [0.2, 0.25) is 0 Å². The van der Waals surface area contributed by atoms with E-state index in [4.69, 9.17) is 0 Å². The van der Waals surface area contributed by atoms with Crippen LogP contribution in [0.5, 0.6) is 0 Å². The molecule has 0 radical (unpaired) electrons. The maximum absolute atomic E-state index is 12.3. The number of nitrogens with zero attached hydrogens (tertiary/aromatic N) is 3. The second-order valence-corrected chi connectivity index (χ2v) is 5.67. The predicted molar refractivity (Wildman–Crippen MR) is 88.3 cm³/mol. The topological polar surface area (TPSA) is 116 Å². The highest BCUT2D eigenvalue weighted by atomic mass is 16.6. The molecule has 1 aromatic heterocycles. The van der Waals surface area contributed by atoms with Crippen LogP contribution in [0.15, 0.2) is 36.7 Å². The standard InChI is InChI=1S/C16H18N4O5/c1-10(2)14(16(22)25-3)18-15(21)11-8-17-19(9-11)12-4-6-13(7-5-12)20(23)24/h4-10,14H,1-3H3,(H,18,21). The summed E-state index contributed by atoms with van der Waals surface area (Å²) < 4.78 is 6.10. The van der Waals surface area contributed by atoms with E-state index in [2.05, 4.69) is 15.2 Å². The molecule has 0 fully saturated rings. The van der Waals surface area contributed by atoms with Crippen LogP contribution < -0.4 is 5.32 Å². The molecule has 132 valence electrons. The van der Waals surface area contributed by atoms with E-state index >= 15 is 0 Å². The number of carbonyl (C=O) groups is 2. The molecule has 0 saturated carbocycles. The molecule has 0 saturated heterocycles. The lowest BCUT2D eigenvalue weighted by atomic mass is 10.0. The van der Waals surface area contributed by atoms with Crippen LogP contribution in [-0.4, -0.2) is 39.7 Å². The Labute approximate surface area is 143 Å². The van der Waals surface area contributed by atoms with Gasteiger partial charge in [0.25, 0.3) is 11.6 Å². The first-order chi connectivity index (χ1) is 11.8. The van der Waals surface area contributed by atoms with Gasteiger partial charge in [-0.3, -0.25) is 14.9 Å². The monoisotopic (exact) mass is 346 g/mol. The van der Waals surface area contributed by atoms with Gasteiger partial charge in [-0.15, -0.1) is 0 Å². The number of aromatic nitrogens is 2. The number of hydrogen-bond acceptors (Lipinski definition) is 6. The SMILES string of the molecule is COC(=O)C(NC(=O)c1cnn(-c2ccc([N+](=O)[O-])cc2)c1)C(C)C. The van der Waals surface area contributed by atoms with Gasteiger partial charge in [-0.1, -0.05) is 13.8 Å². The second-order valence-electron chi connectivity index (χ2n) is 5.67. The molecule has 25 heavy (non-hydrogen) atoms. The Bertz CT molecular complexity index is 782. The normalized spacial score (nSPS) is 11.8. The molecule has 9 heteroatoms. The fourth-order valence-electron chi connectivity index (χ4n) is 2.16. The van der Waals surface area contributed by atoms with E-state index in [1.54, 1.807) is 13.8 Å². The van der Waals surface area contributed by atoms with Crippen LogP contribution in [0, 0.1) is 16.0 Å². The fourth-order valence-corrected chi connectivity index (χ4v) is 2.16. The molecule has 0 aliphatic rings. The molecule has 0 spiro atoms. The van der Waals surface area contributed by atoms with E-state index in [-0.39, 0.29) is 17.2 Å². The van der Waals surface area contributed by atoms with Gasteiger partial charge in [0.05, 0.1) is 29.5 Å². The summed E-state index contributed by atoms with van der Waals surface area (Å²) in [6.45, 7) is 3.59. The van der Waals surface area contributed by atoms with Gasteiger partial charge in [-0.05, 0) is 18.1 Å². The minimum atomic E-state index is -0.764. The van der Waals surface area contributed by atoms with Crippen molar-refractivity contribution in [2.45, 2.75) is 19.9 Å². The van der Waals surface area contributed by atoms with E-state index in [1.165, 1.54) is 48.5 Å². The molecule has 0 aliphatic carbocycles. The predicted octanol–water partition coefficient (Wildman–Crippen LogP) is 1.71. The number of carbonyl (C=O) groups excluding carboxylic acids is 2. The maximum Gasteiger partial charge on any atom is 0.328 e. The summed E-state index contributed by atoms with van der Waals surface area (Å²) in [6.07, 6.45) is 2.83.